The third kappa shape index (κ3) is 11.0. The van der Waals surface area contributed by atoms with Gasteiger partial charge in [0, 0.05) is 32.6 Å². The van der Waals surface area contributed by atoms with Crippen LogP contribution >= 0.6 is 0 Å². The Morgan fingerprint density at radius 1 is 1.19 bits per heavy atom. The molecule has 0 radical (unpaired) electrons. The predicted octanol–water partition coefficient (Wildman–Crippen LogP) is 3.82. The average molecular weight is 569 g/mol. The third-order valence-corrected chi connectivity index (χ3v) is 3.38. The van der Waals surface area contributed by atoms with Crippen LogP contribution in [0.25, 0.3) is 0 Å². The van der Waals surface area contributed by atoms with Crippen molar-refractivity contribution in [3.8, 4) is 0 Å². The van der Waals surface area contributed by atoms with Gasteiger partial charge in [0.2, 0.25) is 5.91 Å². The number of likely N-dealkylation sites (N-methyl/N-ethyl adjacent to an activating group) is 1. The minimum atomic E-state index is -5.08. The van der Waals surface area contributed by atoms with Crippen LogP contribution in [0.15, 0.2) is 71.7 Å². The fourth-order valence-electron chi connectivity index (χ4n) is 1.98. The summed E-state index contributed by atoms with van der Waals surface area (Å²) in [7, 11) is 3.31. The Balaban J connectivity index is 0. The van der Waals surface area contributed by atoms with E-state index in [1.807, 2.05) is 55.3 Å². The van der Waals surface area contributed by atoms with Gasteiger partial charge in [-0.15, -0.1) is 5.70 Å². The molecule has 0 aromatic heterocycles. The first kappa shape index (κ1) is 30.8. The fourth-order valence-corrected chi connectivity index (χ4v) is 1.98. The van der Waals surface area contributed by atoms with Crippen LogP contribution in [0.4, 0.5) is 13.2 Å². The van der Waals surface area contributed by atoms with E-state index in [0.29, 0.717) is 11.3 Å². The molecule has 0 heterocycles. The maximum atomic E-state index is 12.1. The molecule has 0 bridgehead atoms. The molecule has 2 aliphatic carbocycles. The number of carboxylic acids is 1. The average Bonchev–Trinajstić information content (AvgIpc) is 3.43. The van der Waals surface area contributed by atoms with Crippen LogP contribution in [0.1, 0.15) is 0 Å². The molecule has 0 atom stereocenters. The van der Waals surface area contributed by atoms with Crippen molar-refractivity contribution in [2.45, 2.75) is 6.18 Å². The van der Waals surface area contributed by atoms with Crippen molar-refractivity contribution in [3.05, 3.63) is 97.0 Å². The number of ether oxygens (including phenoxy) is 1. The number of halogens is 3. The van der Waals surface area contributed by atoms with Crippen molar-refractivity contribution in [3.63, 3.8) is 0 Å². The number of methoxy groups -OCH3 is 1. The molecule has 3 rings (SSSR count). The van der Waals surface area contributed by atoms with E-state index in [2.05, 4.69) is 6.08 Å². The minimum absolute atomic E-state index is 0. The van der Waals surface area contributed by atoms with E-state index in [1.54, 1.807) is 37.6 Å². The van der Waals surface area contributed by atoms with E-state index in [1.165, 1.54) is 0 Å². The van der Waals surface area contributed by atoms with Crippen molar-refractivity contribution in [1.82, 2.24) is 4.90 Å². The zero-order valence-corrected chi connectivity index (χ0v) is 19.0. The van der Waals surface area contributed by atoms with E-state index in [0.717, 1.165) is 5.70 Å². The van der Waals surface area contributed by atoms with Crippen LogP contribution in [0.5, 0.6) is 0 Å². The number of carbonyl (C=O) groups is 2. The largest absolute Gasteiger partial charge is 2.00 e. The molecule has 0 unspecified atom stereocenters. The molecule has 0 saturated carbocycles. The first-order chi connectivity index (χ1) is 13.7. The van der Waals surface area contributed by atoms with Crippen LogP contribution in [-0.4, -0.2) is 42.2 Å². The number of rotatable bonds is 3. The third-order valence-electron chi connectivity index (χ3n) is 3.38. The molecule has 1 aromatic rings. The number of carboxylic acid groups (broad SMARTS) is 1. The van der Waals surface area contributed by atoms with Crippen LogP contribution in [0.3, 0.4) is 0 Å². The zero-order chi connectivity index (χ0) is 21.9. The molecule has 5 nitrogen and oxygen atoms in total. The molecule has 172 valence electrons. The second-order valence-electron chi connectivity index (χ2n) is 5.38. The number of hydrogen-bond donors (Lipinski definition) is 1. The van der Waals surface area contributed by atoms with E-state index >= 15 is 0 Å². The topological polar surface area (TPSA) is 66.8 Å². The summed E-state index contributed by atoms with van der Waals surface area (Å²) in [6.45, 7) is 0. The summed E-state index contributed by atoms with van der Waals surface area (Å²) in [6.07, 6.45) is 10.5. The molecule has 0 aliphatic heterocycles. The normalized spacial score (nSPS) is 13.1. The standard InChI is InChI=1S/C14H13NO2.C5H5.C2HF3O2.Fe.Pd/c1-15(14(16)11-7-3-4-8-11)12-9-5-6-10-13(12)17-2;1-2-4-5-3-1;3-2(4,5)1(6)7;;/h3-7,9-10H,1-2H3;1-5H;(H,6,7);;/q-2;-1;;+2;. The molecule has 1 aromatic carbocycles. The second kappa shape index (κ2) is 15.4. The zero-order valence-electron chi connectivity index (χ0n) is 16.4. The summed E-state index contributed by atoms with van der Waals surface area (Å²) in [5.41, 5.74) is 1.30. The molecular formula is C21H19F3FeNO4Pd-. The van der Waals surface area contributed by atoms with Gasteiger partial charge in [0.15, 0.2) is 0 Å². The summed E-state index contributed by atoms with van der Waals surface area (Å²) >= 11 is 0. The van der Waals surface area contributed by atoms with Crippen LogP contribution in [-0.2, 0) is 51.8 Å². The molecule has 1 amide bonds. The Labute approximate surface area is 203 Å². The van der Waals surface area contributed by atoms with Crippen LogP contribution in [0.2, 0.25) is 0 Å². The smallest absolute Gasteiger partial charge is 0.577 e. The van der Waals surface area contributed by atoms with E-state index in [4.69, 9.17) is 14.6 Å². The summed E-state index contributed by atoms with van der Waals surface area (Å²) in [5.74, 6) is -2.18. The van der Waals surface area contributed by atoms with Gasteiger partial charge >= 0.3 is 29.2 Å². The maximum absolute atomic E-state index is 12.1. The van der Waals surface area contributed by atoms with E-state index < -0.39 is 12.1 Å². The number of carbonyl (C=O) groups excluding carboxylic acids is 1. The predicted molar refractivity (Wildman–Crippen MR) is 100 cm³/mol. The number of aliphatic carboxylic acids is 1. The first-order valence-corrected chi connectivity index (χ1v) is 8.19. The van der Waals surface area contributed by atoms with Gasteiger partial charge in [-0.2, -0.15) is 31.4 Å². The SMILES string of the molecule is COC1=C(N(C)C(=O)C2=[C-][CH+]C=C2)[CH-]C=C[CH-]1.O=C(O)C(F)(F)F.[Fe+2].[Pd].c1cc[cH-]c1. The summed E-state index contributed by atoms with van der Waals surface area (Å²) in [6, 6.07) is 10.0. The number of nitrogens with zero attached hydrogens (tertiary/aromatic N) is 1. The molecule has 1 N–H and O–H groups in total. The van der Waals surface area contributed by atoms with Crippen molar-refractivity contribution in [2.75, 3.05) is 14.2 Å². The quantitative estimate of drug-likeness (QED) is 0.445. The summed E-state index contributed by atoms with van der Waals surface area (Å²) < 4.78 is 37.0. The molecule has 0 spiro atoms. The monoisotopic (exact) mass is 568 g/mol. The number of amides is 1. The van der Waals surface area contributed by atoms with Gasteiger partial charge < -0.3 is 19.5 Å². The summed E-state index contributed by atoms with van der Waals surface area (Å²) in [4.78, 5) is 22.6. The number of allylic oxidation sites excluding steroid dienone is 4. The first-order valence-electron chi connectivity index (χ1n) is 8.19. The second-order valence-corrected chi connectivity index (χ2v) is 5.38. The van der Waals surface area contributed by atoms with Gasteiger partial charge in [0.1, 0.15) is 0 Å². The van der Waals surface area contributed by atoms with Crippen LogP contribution < -0.4 is 0 Å². The molecule has 31 heavy (non-hydrogen) atoms. The molecule has 0 fully saturated rings. The Hall–Kier alpha value is -2.37. The minimum Gasteiger partial charge on any atom is -0.577 e. The molecule has 0 saturated heterocycles. The molecule has 2 aliphatic rings. The van der Waals surface area contributed by atoms with Gasteiger partial charge in [-0.25, -0.2) is 23.3 Å². The van der Waals surface area contributed by atoms with Gasteiger partial charge in [0.05, 0.1) is 12.7 Å². The van der Waals surface area contributed by atoms with Crippen molar-refractivity contribution in [1.29, 1.82) is 0 Å². The maximum Gasteiger partial charge on any atom is 2.00 e. The van der Waals surface area contributed by atoms with Gasteiger partial charge in [-0.3, -0.25) is 18.6 Å². The number of hydrogen-bond acceptors (Lipinski definition) is 3. The Bertz CT molecular complexity index is 783. The van der Waals surface area contributed by atoms with Crippen molar-refractivity contribution >= 4 is 11.9 Å². The van der Waals surface area contributed by atoms with Gasteiger partial charge in [-0.05, 0) is 19.5 Å². The van der Waals surface area contributed by atoms with Crippen LogP contribution in [0, 0.1) is 25.3 Å². The molecule has 10 heteroatoms. The molecular weight excluding hydrogens is 549 g/mol. The van der Waals surface area contributed by atoms with Gasteiger partial charge in [-0.1, -0.05) is 5.76 Å². The van der Waals surface area contributed by atoms with Gasteiger partial charge in [0.25, 0.3) is 0 Å². The van der Waals surface area contributed by atoms with Crippen molar-refractivity contribution < 1.29 is 70.1 Å². The van der Waals surface area contributed by atoms with E-state index in [-0.39, 0.29) is 43.4 Å². The fraction of sp³-hybridized carbons (Fsp3) is 0.143. The van der Waals surface area contributed by atoms with E-state index in [9.17, 15) is 18.0 Å². The number of alkyl halides is 3. The Morgan fingerprint density at radius 3 is 2.13 bits per heavy atom. The van der Waals surface area contributed by atoms with Crippen molar-refractivity contribution in [2.24, 2.45) is 0 Å². The summed E-state index contributed by atoms with van der Waals surface area (Å²) in [5, 5.41) is 7.12. The Morgan fingerprint density at radius 2 is 1.74 bits per heavy atom. The Kier molecular flexibility index (Phi) is 15.3.